The SMILES string of the molecule is CCCCOCCC1(CO)CCC(C(C)(C)C)CC1. The second kappa shape index (κ2) is 7.64. The van der Waals surface area contributed by atoms with Crippen LogP contribution in [0.4, 0.5) is 0 Å². The van der Waals surface area contributed by atoms with Gasteiger partial charge in [-0.05, 0) is 55.3 Å². The minimum atomic E-state index is 0.147. The summed E-state index contributed by atoms with van der Waals surface area (Å²) in [7, 11) is 0. The molecule has 0 aliphatic heterocycles. The summed E-state index contributed by atoms with van der Waals surface area (Å²) in [6.45, 7) is 11.3. The fourth-order valence-electron chi connectivity index (χ4n) is 3.22. The van der Waals surface area contributed by atoms with Crippen LogP contribution in [0, 0.1) is 16.7 Å². The summed E-state index contributed by atoms with van der Waals surface area (Å²) in [5, 5.41) is 9.78. The molecule has 1 aliphatic rings. The van der Waals surface area contributed by atoms with E-state index in [1.807, 2.05) is 0 Å². The Kier molecular flexibility index (Phi) is 6.82. The molecule has 2 nitrogen and oxygen atoms in total. The molecule has 2 heteroatoms. The maximum atomic E-state index is 9.78. The zero-order chi connectivity index (χ0) is 14.4. The maximum absolute atomic E-state index is 9.78. The van der Waals surface area contributed by atoms with Crippen LogP contribution in [0.25, 0.3) is 0 Å². The van der Waals surface area contributed by atoms with Crippen molar-refractivity contribution in [1.82, 2.24) is 0 Å². The Bertz CT molecular complexity index is 234. The molecule has 1 rings (SSSR count). The topological polar surface area (TPSA) is 29.5 Å². The molecule has 0 atom stereocenters. The van der Waals surface area contributed by atoms with Gasteiger partial charge in [-0.2, -0.15) is 0 Å². The van der Waals surface area contributed by atoms with E-state index in [9.17, 15) is 5.11 Å². The van der Waals surface area contributed by atoms with E-state index in [1.54, 1.807) is 0 Å². The van der Waals surface area contributed by atoms with Gasteiger partial charge in [0.2, 0.25) is 0 Å². The lowest BCUT2D eigenvalue weighted by molar-refractivity contribution is 0.00463. The molecule has 1 fully saturated rings. The Balaban J connectivity index is 2.34. The van der Waals surface area contributed by atoms with E-state index in [-0.39, 0.29) is 5.41 Å². The zero-order valence-corrected chi connectivity index (χ0v) is 13.5. The number of unbranched alkanes of at least 4 members (excludes halogenated alkanes) is 1. The van der Waals surface area contributed by atoms with Crippen molar-refractivity contribution in [2.75, 3.05) is 19.8 Å². The molecule has 0 spiro atoms. The molecular weight excluding hydrogens is 236 g/mol. The highest BCUT2D eigenvalue weighted by Gasteiger charge is 2.38. The van der Waals surface area contributed by atoms with E-state index < -0.39 is 0 Å². The van der Waals surface area contributed by atoms with Crippen LogP contribution in [0.1, 0.15) is 72.6 Å². The molecule has 19 heavy (non-hydrogen) atoms. The first-order valence-corrected chi connectivity index (χ1v) is 8.12. The average molecular weight is 270 g/mol. The van der Waals surface area contributed by atoms with Crippen molar-refractivity contribution >= 4 is 0 Å². The minimum absolute atomic E-state index is 0.147. The highest BCUT2D eigenvalue weighted by Crippen LogP contribution is 2.46. The first-order valence-electron chi connectivity index (χ1n) is 8.12. The number of aliphatic hydroxyl groups is 1. The molecular formula is C17H34O2. The highest BCUT2D eigenvalue weighted by atomic mass is 16.5. The van der Waals surface area contributed by atoms with E-state index in [1.165, 1.54) is 32.1 Å². The zero-order valence-electron chi connectivity index (χ0n) is 13.5. The molecule has 0 aromatic carbocycles. The van der Waals surface area contributed by atoms with Crippen LogP contribution >= 0.6 is 0 Å². The molecule has 0 aromatic rings. The van der Waals surface area contributed by atoms with E-state index in [0.29, 0.717) is 12.0 Å². The third-order valence-electron chi connectivity index (χ3n) is 5.03. The van der Waals surface area contributed by atoms with Crippen LogP contribution in [0.3, 0.4) is 0 Å². The maximum Gasteiger partial charge on any atom is 0.0488 e. The van der Waals surface area contributed by atoms with Gasteiger partial charge in [0, 0.05) is 19.8 Å². The van der Waals surface area contributed by atoms with E-state index in [4.69, 9.17) is 4.74 Å². The molecule has 0 bridgehead atoms. The van der Waals surface area contributed by atoms with Gasteiger partial charge in [0.1, 0.15) is 0 Å². The van der Waals surface area contributed by atoms with Gasteiger partial charge in [-0.15, -0.1) is 0 Å². The van der Waals surface area contributed by atoms with Crippen molar-refractivity contribution in [3.05, 3.63) is 0 Å². The normalized spacial score (nSPS) is 28.6. The summed E-state index contributed by atoms with van der Waals surface area (Å²) in [6.07, 6.45) is 8.24. The van der Waals surface area contributed by atoms with Gasteiger partial charge in [-0.1, -0.05) is 34.1 Å². The molecule has 1 N–H and O–H groups in total. The van der Waals surface area contributed by atoms with E-state index in [2.05, 4.69) is 27.7 Å². The molecule has 1 aliphatic carbocycles. The fraction of sp³-hybridized carbons (Fsp3) is 1.00. The van der Waals surface area contributed by atoms with Crippen LogP contribution in [0.2, 0.25) is 0 Å². The summed E-state index contributed by atoms with van der Waals surface area (Å²) in [4.78, 5) is 0. The monoisotopic (exact) mass is 270 g/mol. The number of hydrogen-bond donors (Lipinski definition) is 1. The van der Waals surface area contributed by atoms with Crippen molar-refractivity contribution in [2.24, 2.45) is 16.7 Å². The van der Waals surface area contributed by atoms with Crippen LogP contribution in [-0.2, 0) is 4.74 Å². The van der Waals surface area contributed by atoms with Gasteiger partial charge in [-0.3, -0.25) is 0 Å². The first-order chi connectivity index (χ1) is 8.93. The van der Waals surface area contributed by atoms with Crippen LogP contribution in [0.15, 0.2) is 0 Å². The molecule has 0 radical (unpaired) electrons. The van der Waals surface area contributed by atoms with Gasteiger partial charge in [-0.25, -0.2) is 0 Å². The third-order valence-corrected chi connectivity index (χ3v) is 5.03. The number of ether oxygens (including phenoxy) is 1. The standard InChI is InChI=1S/C17H34O2/c1-5-6-12-19-13-11-17(14-18)9-7-15(8-10-17)16(2,3)4/h15,18H,5-14H2,1-4H3. The molecule has 1 saturated carbocycles. The quantitative estimate of drug-likeness (QED) is 0.694. The Morgan fingerprint density at radius 1 is 1.16 bits per heavy atom. The highest BCUT2D eigenvalue weighted by molar-refractivity contribution is 4.88. The van der Waals surface area contributed by atoms with E-state index >= 15 is 0 Å². The second-order valence-corrected chi connectivity index (χ2v) is 7.51. The Hall–Kier alpha value is -0.0800. The summed E-state index contributed by atoms with van der Waals surface area (Å²) >= 11 is 0. The minimum Gasteiger partial charge on any atom is -0.396 e. The van der Waals surface area contributed by atoms with Crippen LogP contribution in [-0.4, -0.2) is 24.9 Å². The Labute approximate surface area is 119 Å². The Morgan fingerprint density at radius 3 is 2.26 bits per heavy atom. The van der Waals surface area contributed by atoms with Crippen LogP contribution < -0.4 is 0 Å². The van der Waals surface area contributed by atoms with Crippen molar-refractivity contribution in [1.29, 1.82) is 0 Å². The van der Waals surface area contributed by atoms with Gasteiger partial charge in [0.15, 0.2) is 0 Å². The number of rotatable bonds is 7. The predicted molar refractivity (Wildman–Crippen MR) is 81.3 cm³/mol. The Morgan fingerprint density at radius 2 is 1.79 bits per heavy atom. The van der Waals surface area contributed by atoms with Gasteiger partial charge >= 0.3 is 0 Å². The van der Waals surface area contributed by atoms with Gasteiger partial charge in [0.05, 0.1) is 0 Å². The number of aliphatic hydroxyl groups excluding tert-OH is 1. The van der Waals surface area contributed by atoms with Crippen molar-refractivity contribution in [2.45, 2.75) is 72.6 Å². The summed E-state index contributed by atoms with van der Waals surface area (Å²) in [5.41, 5.74) is 0.563. The molecule has 0 aromatic heterocycles. The largest absolute Gasteiger partial charge is 0.396 e. The van der Waals surface area contributed by atoms with Crippen molar-refractivity contribution < 1.29 is 9.84 Å². The molecule has 0 saturated heterocycles. The lowest BCUT2D eigenvalue weighted by Crippen LogP contribution is -2.36. The smallest absolute Gasteiger partial charge is 0.0488 e. The van der Waals surface area contributed by atoms with Crippen LogP contribution in [0.5, 0.6) is 0 Å². The first kappa shape index (κ1) is 17.0. The summed E-state index contributed by atoms with van der Waals surface area (Å²) in [6, 6.07) is 0. The predicted octanol–water partition coefficient (Wildman–Crippen LogP) is 4.41. The molecule has 114 valence electrons. The lowest BCUT2D eigenvalue weighted by atomic mass is 9.63. The van der Waals surface area contributed by atoms with E-state index in [0.717, 1.165) is 32.0 Å². The van der Waals surface area contributed by atoms with Crippen molar-refractivity contribution in [3.63, 3.8) is 0 Å². The van der Waals surface area contributed by atoms with Gasteiger partial charge < -0.3 is 9.84 Å². The molecule has 0 unspecified atom stereocenters. The van der Waals surface area contributed by atoms with Crippen molar-refractivity contribution in [3.8, 4) is 0 Å². The summed E-state index contributed by atoms with van der Waals surface area (Å²) in [5.74, 6) is 0.813. The summed E-state index contributed by atoms with van der Waals surface area (Å²) < 4.78 is 5.69. The second-order valence-electron chi connectivity index (χ2n) is 7.51. The number of hydrogen-bond acceptors (Lipinski definition) is 2. The fourth-order valence-corrected chi connectivity index (χ4v) is 3.22. The van der Waals surface area contributed by atoms with Gasteiger partial charge in [0.25, 0.3) is 0 Å². The third kappa shape index (κ3) is 5.43. The average Bonchev–Trinajstić information content (AvgIpc) is 2.38. The molecule has 0 amide bonds. The molecule has 0 heterocycles. The lowest BCUT2D eigenvalue weighted by Gasteiger charge is -2.43.